The van der Waals surface area contributed by atoms with Crippen LogP contribution in [0, 0.1) is 5.53 Å². The van der Waals surface area contributed by atoms with Crippen LogP contribution in [0.15, 0.2) is 52.5 Å². The Bertz CT molecular complexity index is 567. The second-order valence-electron chi connectivity index (χ2n) is 3.29. The first kappa shape index (κ1) is 11.6. The molecular weight excluding hydrogens is 236 g/mol. The number of nitrogens with two attached hydrogens (primary N) is 1. The van der Waals surface area contributed by atoms with Crippen molar-refractivity contribution in [3.05, 3.63) is 42.5 Å². The highest BCUT2D eigenvalue weighted by Gasteiger charge is 2.11. The predicted molar refractivity (Wildman–Crippen MR) is 66.4 cm³/mol. The molecule has 2 amide bonds. The second kappa shape index (κ2) is 4.94. The maximum Gasteiger partial charge on any atom is 0.386 e. The van der Waals surface area contributed by atoms with Crippen LogP contribution >= 0.6 is 11.9 Å². The molecular formula is C11H10N4OS. The van der Waals surface area contributed by atoms with Crippen molar-refractivity contribution in [1.82, 2.24) is 4.41 Å². The van der Waals surface area contributed by atoms with Crippen LogP contribution < -0.4 is 5.84 Å². The molecule has 0 heterocycles. The average Bonchev–Trinajstić information content (AvgIpc) is 2.38. The molecule has 0 unspecified atom stereocenters. The highest BCUT2D eigenvalue weighted by atomic mass is 32.2. The Labute approximate surface area is 102 Å². The molecule has 0 bridgehead atoms. The molecule has 6 heteroatoms. The highest BCUT2D eigenvalue weighted by Crippen LogP contribution is 2.28. The summed E-state index contributed by atoms with van der Waals surface area (Å²) in [5.74, 6) is 5.48. The molecule has 0 saturated carbocycles. The van der Waals surface area contributed by atoms with Gasteiger partial charge in [0.1, 0.15) is 0 Å². The number of fused-ring (bicyclic) bond motifs is 1. The molecule has 0 saturated heterocycles. The van der Waals surface area contributed by atoms with Crippen LogP contribution in [-0.4, -0.2) is 10.4 Å². The molecule has 2 aromatic carbocycles. The van der Waals surface area contributed by atoms with Crippen molar-refractivity contribution in [2.24, 2.45) is 11.0 Å². The van der Waals surface area contributed by atoms with Gasteiger partial charge >= 0.3 is 6.03 Å². The monoisotopic (exact) mass is 246 g/mol. The molecule has 0 fully saturated rings. The molecule has 86 valence electrons. The lowest BCUT2D eigenvalue weighted by Crippen LogP contribution is -2.27. The molecule has 0 spiro atoms. The Balaban J connectivity index is 2.36. The number of amides is 2. The van der Waals surface area contributed by atoms with Gasteiger partial charge in [0.2, 0.25) is 0 Å². The van der Waals surface area contributed by atoms with Gasteiger partial charge < -0.3 is 0 Å². The van der Waals surface area contributed by atoms with E-state index < -0.39 is 6.03 Å². The topological polar surface area (TPSA) is 82.5 Å². The summed E-state index contributed by atoms with van der Waals surface area (Å²) in [7, 11) is 0. The fourth-order valence-electron chi connectivity index (χ4n) is 1.47. The number of urea groups is 1. The minimum absolute atomic E-state index is 0.789. The number of hydrazine groups is 1. The first-order valence-corrected chi connectivity index (χ1v) is 5.61. The van der Waals surface area contributed by atoms with Gasteiger partial charge in [0, 0.05) is 16.8 Å². The lowest BCUT2D eigenvalue weighted by molar-refractivity contribution is 0.233. The summed E-state index contributed by atoms with van der Waals surface area (Å²) in [6, 6.07) is 12.8. The zero-order valence-corrected chi connectivity index (χ0v) is 9.65. The smallest absolute Gasteiger partial charge is 0.242 e. The Morgan fingerprint density at radius 1 is 1.24 bits per heavy atom. The third kappa shape index (κ3) is 2.43. The summed E-state index contributed by atoms with van der Waals surface area (Å²) < 4.78 is 0.842. The minimum Gasteiger partial charge on any atom is -0.242 e. The molecule has 2 aromatic rings. The number of nitrogens with zero attached hydrogens (tertiary/aromatic N) is 2. The van der Waals surface area contributed by atoms with E-state index in [1.165, 1.54) is 0 Å². The van der Waals surface area contributed by atoms with Crippen LogP contribution in [0.4, 0.5) is 4.79 Å². The lowest BCUT2D eigenvalue weighted by atomic mass is 10.1. The van der Waals surface area contributed by atoms with E-state index in [4.69, 9.17) is 11.4 Å². The van der Waals surface area contributed by atoms with E-state index in [1.807, 2.05) is 42.5 Å². The molecule has 5 nitrogen and oxygen atoms in total. The van der Waals surface area contributed by atoms with Crippen LogP contribution in [0.1, 0.15) is 0 Å². The zero-order valence-electron chi connectivity index (χ0n) is 8.83. The summed E-state index contributed by atoms with van der Waals surface area (Å²) in [5.41, 5.74) is 6.61. The van der Waals surface area contributed by atoms with Crippen LogP contribution in [-0.2, 0) is 0 Å². The fraction of sp³-hybridized carbons (Fsp3) is 0. The van der Waals surface area contributed by atoms with E-state index in [2.05, 4.69) is 5.11 Å². The van der Waals surface area contributed by atoms with Crippen LogP contribution in [0.2, 0.25) is 0 Å². The van der Waals surface area contributed by atoms with E-state index >= 15 is 0 Å². The number of carbonyl (C=O) groups excluding carboxylic acids is 1. The summed E-state index contributed by atoms with van der Waals surface area (Å²) >= 11 is 1.05. The van der Waals surface area contributed by atoms with Gasteiger partial charge in [0.25, 0.3) is 0 Å². The van der Waals surface area contributed by atoms with Crippen molar-refractivity contribution in [2.75, 3.05) is 0 Å². The van der Waals surface area contributed by atoms with E-state index in [-0.39, 0.29) is 0 Å². The van der Waals surface area contributed by atoms with Gasteiger partial charge in [-0.25, -0.2) is 10.6 Å². The SMILES string of the molecule is N=NC(=O)N(N)Sc1cccc2ccccc12. The first-order chi connectivity index (χ1) is 8.22. The Kier molecular flexibility index (Phi) is 3.36. The minimum atomic E-state index is -0.789. The number of hydrogen-bond donors (Lipinski definition) is 2. The normalized spacial score (nSPS) is 10.2. The van der Waals surface area contributed by atoms with Crippen molar-refractivity contribution < 1.29 is 4.79 Å². The molecule has 3 N–H and O–H groups in total. The number of benzene rings is 2. The number of nitrogens with one attached hydrogen (secondary N) is 1. The molecule has 0 aromatic heterocycles. The highest BCUT2D eigenvalue weighted by molar-refractivity contribution is 7.97. The van der Waals surface area contributed by atoms with Crippen LogP contribution in [0.25, 0.3) is 10.8 Å². The van der Waals surface area contributed by atoms with Gasteiger partial charge in [-0.3, -0.25) is 0 Å². The summed E-state index contributed by atoms with van der Waals surface area (Å²) in [6.07, 6.45) is 0. The average molecular weight is 246 g/mol. The number of carbonyl (C=O) groups is 1. The van der Waals surface area contributed by atoms with Gasteiger partial charge in [-0.1, -0.05) is 41.5 Å². The van der Waals surface area contributed by atoms with E-state index in [1.54, 1.807) is 0 Å². The zero-order chi connectivity index (χ0) is 12.3. The van der Waals surface area contributed by atoms with Gasteiger partial charge in [0.05, 0.1) is 0 Å². The third-order valence-electron chi connectivity index (χ3n) is 2.23. The van der Waals surface area contributed by atoms with Crippen molar-refractivity contribution in [3.8, 4) is 0 Å². The Morgan fingerprint density at radius 3 is 2.71 bits per heavy atom. The third-order valence-corrected chi connectivity index (χ3v) is 3.14. The van der Waals surface area contributed by atoms with Crippen LogP contribution in [0.3, 0.4) is 0 Å². The summed E-state index contributed by atoms with van der Waals surface area (Å²) in [4.78, 5) is 11.9. The van der Waals surface area contributed by atoms with Gasteiger partial charge in [-0.05, 0) is 16.8 Å². The molecule has 0 radical (unpaired) electrons. The Morgan fingerprint density at radius 2 is 1.94 bits per heavy atom. The van der Waals surface area contributed by atoms with Crippen molar-refractivity contribution in [3.63, 3.8) is 0 Å². The molecule has 0 atom stereocenters. The second-order valence-corrected chi connectivity index (χ2v) is 4.30. The van der Waals surface area contributed by atoms with E-state index in [0.29, 0.717) is 0 Å². The maximum atomic E-state index is 11.1. The maximum absolute atomic E-state index is 11.1. The molecule has 2 rings (SSSR count). The van der Waals surface area contributed by atoms with Gasteiger partial charge in [-0.15, -0.1) is 0 Å². The van der Waals surface area contributed by atoms with Gasteiger partial charge in [-0.2, -0.15) is 9.95 Å². The first-order valence-electron chi connectivity index (χ1n) is 4.84. The summed E-state index contributed by atoms with van der Waals surface area (Å²) in [6.45, 7) is 0. The molecule has 0 aliphatic rings. The van der Waals surface area contributed by atoms with E-state index in [9.17, 15) is 4.79 Å². The number of rotatable bonds is 2. The predicted octanol–water partition coefficient (Wildman–Crippen LogP) is 3.17. The van der Waals surface area contributed by atoms with Crippen molar-refractivity contribution >= 4 is 28.8 Å². The largest absolute Gasteiger partial charge is 0.386 e. The summed E-state index contributed by atoms with van der Waals surface area (Å²) in [5, 5.41) is 4.83. The molecule has 0 aliphatic carbocycles. The van der Waals surface area contributed by atoms with E-state index in [0.717, 1.165) is 32.0 Å². The fourth-order valence-corrected chi connectivity index (χ4v) is 2.22. The quantitative estimate of drug-likeness (QED) is 0.281. The molecule has 0 aliphatic heterocycles. The molecule has 17 heavy (non-hydrogen) atoms. The van der Waals surface area contributed by atoms with Crippen molar-refractivity contribution in [2.45, 2.75) is 4.90 Å². The Hall–Kier alpha value is -1.92. The van der Waals surface area contributed by atoms with Gasteiger partial charge in [0.15, 0.2) is 0 Å². The number of hydrogen-bond acceptors (Lipinski definition) is 4. The lowest BCUT2D eigenvalue weighted by Gasteiger charge is -2.12. The standard InChI is InChI=1S/C11H10N4OS/c12-14-11(16)15(13)17-10-7-3-5-8-4-1-2-6-9(8)10/h1-7,12H,13H2. The van der Waals surface area contributed by atoms with Crippen molar-refractivity contribution in [1.29, 1.82) is 5.53 Å². The van der Waals surface area contributed by atoms with Crippen LogP contribution in [0.5, 0.6) is 0 Å².